The summed E-state index contributed by atoms with van der Waals surface area (Å²) in [5.41, 5.74) is 1.39. The summed E-state index contributed by atoms with van der Waals surface area (Å²) in [6, 6.07) is 11.1. The molecule has 3 heteroatoms. The zero-order chi connectivity index (χ0) is 12.1. The number of rotatable bonds is 5. The second-order valence-electron chi connectivity index (χ2n) is 4.28. The van der Waals surface area contributed by atoms with Gasteiger partial charge in [0.05, 0.1) is 0 Å². The molecule has 0 aliphatic carbocycles. The molecule has 0 aliphatic rings. The Balaban J connectivity index is 1.96. The lowest BCUT2D eigenvalue weighted by Crippen LogP contribution is -2.09. The molecule has 0 saturated heterocycles. The average Bonchev–Trinajstić information content (AvgIpc) is 2.85. The molecular formula is C14H19N3. The highest BCUT2D eigenvalue weighted by Crippen LogP contribution is 2.18. The molecule has 1 N–H and O–H groups in total. The van der Waals surface area contributed by atoms with Gasteiger partial charge >= 0.3 is 0 Å². The molecule has 0 fully saturated rings. The van der Waals surface area contributed by atoms with E-state index in [1.165, 1.54) is 5.56 Å². The normalized spacial score (nSPS) is 12.4. The molecule has 1 aromatic carbocycles. The van der Waals surface area contributed by atoms with E-state index >= 15 is 0 Å². The van der Waals surface area contributed by atoms with E-state index in [1.807, 2.05) is 19.4 Å². The van der Waals surface area contributed by atoms with E-state index in [9.17, 15) is 0 Å². The van der Waals surface area contributed by atoms with E-state index in [-0.39, 0.29) is 0 Å². The van der Waals surface area contributed by atoms with Crippen LogP contribution in [0.15, 0.2) is 42.7 Å². The Morgan fingerprint density at radius 1 is 1.29 bits per heavy atom. The molecule has 0 amide bonds. The highest BCUT2D eigenvalue weighted by atomic mass is 15.2. The number of nitrogens with one attached hydrogen (secondary N) is 1. The molecule has 1 atom stereocenters. The van der Waals surface area contributed by atoms with Crippen LogP contribution in [0, 0.1) is 0 Å². The monoisotopic (exact) mass is 229 g/mol. The first-order valence-corrected chi connectivity index (χ1v) is 6.05. The van der Waals surface area contributed by atoms with Crippen LogP contribution >= 0.6 is 0 Å². The zero-order valence-corrected chi connectivity index (χ0v) is 10.4. The summed E-state index contributed by atoms with van der Waals surface area (Å²) in [6.45, 7) is 2.23. The molecule has 0 radical (unpaired) electrons. The Kier molecular flexibility index (Phi) is 3.81. The maximum atomic E-state index is 4.26. The average molecular weight is 229 g/mol. The van der Waals surface area contributed by atoms with E-state index in [0.29, 0.717) is 6.04 Å². The molecule has 2 rings (SSSR count). The molecule has 3 nitrogen and oxygen atoms in total. The summed E-state index contributed by atoms with van der Waals surface area (Å²) in [6.07, 6.45) is 6.09. The van der Waals surface area contributed by atoms with Gasteiger partial charge in [-0.1, -0.05) is 30.3 Å². The quantitative estimate of drug-likeness (QED) is 0.853. The van der Waals surface area contributed by atoms with Crippen molar-refractivity contribution in [3.05, 3.63) is 48.3 Å². The van der Waals surface area contributed by atoms with Crippen LogP contribution in [-0.4, -0.2) is 16.6 Å². The van der Waals surface area contributed by atoms with Crippen molar-refractivity contribution in [2.45, 2.75) is 25.8 Å². The van der Waals surface area contributed by atoms with Crippen molar-refractivity contribution in [1.29, 1.82) is 0 Å². The lowest BCUT2D eigenvalue weighted by Gasteiger charge is -2.15. The minimum Gasteiger partial charge on any atom is -0.359 e. The van der Waals surface area contributed by atoms with E-state index in [1.54, 1.807) is 0 Å². The molecule has 17 heavy (non-hydrogen) atoms. The first-order chi connectivity index (χ1) is 8.31. The molecule has 1 aromatic heterocycles. The summed E-state index contributed by atoms with van der Waals surface area (Å²) < 4.78 is 2.18. The maximum Gasteiger partial charge on any atom is 0.202 e. The van der Waals surface area contributed by atoms with Gasteiger partial charge in [-0.2, -0.15) is 0 Å². The third-order valence-corrected chi connectivity index (χ3v) is 3.06. The van der Waals surface area contributed by atoms with Gasteiger partial charge in [0.2, 0.25) is 5.95 Å². The predicted octanol–water partition coefficient (Wildman–Crippen LogP) is 3.12. The Labute approximate surface area is 103 Å². The fourth-order valence-electron chi connectivity index (χ4n) is 2.02. The minimum atomic E-state index is 0.458. The Hall–Kier alpha value is -1.77. The summed E-state index contributed by atoms with van der Waals surface area (Å²) in [5.74, 6) is 0.936. The van der Waals surface area contributed by atoms with Crippen LogP contribution in [0.2, 0.25) is 0 Å². The second-order valence-corrected chi connectivity index (χ2v) is 4.28. The van der Waals surface area contributed by atoms with Crippen molar-refractivity contribution in [3.63, 3.8) is 0 Å². The SMILES string of the molecule is CNc1nccn1C(C)CCc1ccccc1. The number of aryl methyl sites for hydroxylation is 1. The largest absolute Gasteiger partial charge is 0.359 e. The van der Waals surface area contributed by atoms with E-state index in [2.05, 4.69) is 52.1 Å². The number of aromatic nitrogens is 2. The molecular weight excluding hydrogens is 210 g/mol. The smallest absolute Gasteiger partial charge is 0.202 e. The number of hydrogen-bond donors (Lipinski definition) is 1. The molecule has 0 saturated carbocycles. The number of imidazole rings is 1. The van der Waals surface area contributed by atoms with Gasteiger partial charge in [0.25, 0.3) is 0 Å². The van der Waals surface area contributed by atoms with Crippen LogP contribution in [0.5, 0.6) is 0 Å². The number of benzene rings is 1. The number of hydrogen-bond acceptors (Lipinski definition) is 2. The van der Waals surface area contributed by atoms with Gasteiger partial charge in [0, 0.05) is 25.5 Å². The second kappa shape index (κ2) is 5.53. The van der Waals surface area contributed by atoms with Gasteiger partial charge in [-0.3, -0.25) is 0 Å². The predicted molar refractivity (Wildman–Crippen MR) is 71.2 cm³/mol. The summed E-state index contributed by atoms with van der Waals surface area (Å²) >= 11 is 0. The van der Waals surface area contributed by atoms with Gasteiger partial charge in [0.15, 0.2) is 0 Å². The van der Waals surface area contributed by atoms with Crippen LogP contribution in [0.3, 0.4) is 0 Å². The summed E-state index contributed by atoms with van der Waals surface area (Å²) in [7, 11) is 1.91. The van der Waals surface area contributed by atoms with Crippen LogP contribution < -0.4 is 5.32 Å². The van der Waals surface area contributed by atoms with Gasteiger partial charge in [-0.25, -0.2) is 4.98 Å². The van der Waals surface area contributed by atoms with Gasteiger partial charge in [-0.15, -0.1) is 0 Å². The van der Waals surface area contributed by atoms with Crippen molar-refractivity contribution < 1.29 is 0 Å². The molecule has 0 bridgehead atoms. The third kappa shape index (κ3) is 2.87. The first kappa shape index (κ1) is 11.7. The molecule has 90 valence electrons. The molecule has 2 aromatic rings. The van der Waals surface area contributed by atoms with Crippen molar-refractivity contribution in [2.75, 3.05) is 12.4 Å². The fourth-order valence-corrected chi connectivity index (χ4v) is 2.02. The highest BCUT2D eigenvalue weighted by molar-refractivity contribution is 5.25. The Bertz CT molecular complexity index is 448. The van der Waals surface area contributed by atoms with Crippen LogP contribution in [0.25, 0.3) is 0 Å². The minimum absolute atomic E-state index is 0.458. The van der Waals surface area contributed by atoms with Crippen molar-refractivity contribution >= 4 is 5.95 Å². The lowest BCUT2D eigenvalue weighted by molar-refractivity contribution is 0.512. The molecule has 1 heterocycles. The van der Waals surface area contributed by atoms with Gasteiger partial charge in [-0.05, 0) is 25.3 Å². The van der Waals surface area contributed by atoms with Crippen molar-refractivity contribution in [2.24, 2.45) is 0 Å². The van der Waals surface area contributed by atoms with E-state index in [4.69, 9.17) is 0 Å². The molecule has 0 aliphatic heterocycles. The van der Waals surface area contributed by atoms with Crippen molar-refractivity contribution in [1.82, 2.24) is 9.55 Å². The summed E-state index contributed by atoms with van der Waals surface area (Å²) in [5, 5.41) is 3.11. The molecule has 0 spiro atoms. The topological polar surface area (TPSA) is 29.9 Å². The zero-order valence-electron chi connectivity index (χ0n) is 10.4. The standard InChI is InChI=1S/C14H19N3/c1-12(17-11-10-16-14(17)15-2)8-9-13-6-4-3-5-7-13/h3-7,10-12H,8-9H2,1-2H3,(H,15,16). The van der Waals surface area contributed by atoms with E-state index < -0.39 is 0 Å². The number of nitrogens with zero attached hydrogens (tertiary/aromatic N) is 2. The fraction of sp³-hybridized carbons (Fsp3) is 0.357. The van der Waals surface area contributed by atoms with E-state index in [0.717, 1.165) is 18.8 Å². The lowest BCUT2D eigenvalue weighted by atomic mass is 10.1. The van der Waals surface area contributed by atoms with Crippen LogP contribution in [0.1, 0.15) is 24.9 Å². The Morgan fingerprint density at radius 2 is 2.06 bits per heavy atom. The van der Waals surface area contributed by atoms with Gasteiger partial charge < -0.3 is 9.88 Å². The first-order valence-electron chi connectivity index (χ1n) is 6.05. The van der Waals surface area contributed by atoms with Crippen molar-refractivity contribution in [3.8, 4) is 0 Å². The third-order valence-electron chi connectivity index (χ3n) is 3.06. The maximum absolute atomic E-state index is 4.26. The molecule has 1 unspecified atom stereocenters. The van der Waals surface area contributed by atoms with Crippen LogP contribution in [0.4, 0.5) is 5.95 Å². The number of anilines is 1. The highest BCUT2D eigenvalue weighted by Gasteiger charge is 2.08. The van der Waals surface area contributed by atoms with Crippen LogP contribution in [-0.2, 0) is 6.42 Å². The summed E-state index contributed by atoms with van der Waals surface area (Å²) in [4.78, 5) is 4.26. The van der Waals surface area contributed by atoms with Gasteiger partial charge in [0.1, 0.15) is 0 Å². The Morgan fingerprint density at radius 3 is 2.76 bits per heavy atom.